The maximum absolute atomic E-state index is 3.90. The summed E-state index contributed by atoms with van der Waals surface area (Å²) in [5, 5.41) is 0. The fourth-order valence-electron chi connectivity index (χ4n) is 3.21. The lowest BCUT2D eigenvalue weighted by Gasteiger charge is -2.23. The molecule has 0 aromatic heterocycles. The summed E-state index contributed by atoms with van der Waals surface area (Å²) in [6, 6.07) is 21.3. The van der Waals surface area contributed by atoms with Gasteiger partial charge in [-0.1, -0.05) is 98.8 Å². The summed E-state index contributed by atoms with van der Waals surface area (Å²) in [5.74, 6) is 0. The molecule has 0 heterocycles. The molecule has 2 aromatic carbocycles. The van der Waals surface area contributed by atoms with Crippen LogP contribution in [0.15, 0.2) is 103 Å². The molecule has 0 spiro atoms. The Labute approximate surface area is 145 Å². The fourth-order valence-corrected chi connectivity index (χ4v) is 3.21. The van der Waals surface area contributed by atoms with E-state index in [1.54, 1.807) is 0 Å². The quantitative estimate of drug-likeness (QED) is 0.546. The molecule has 1 aliphatic rings. The van der Waals surface area contributed by atoms with Gasteiger partial charge in [-0.15, -0.1) is 6.58 Å². The highest BCUT2D eigenvalue weighted by atomic mass is 14.3. The first-order valence-corrected chi connectivity index (χ1v) is 8.48. The third-order valence-electron chi connectivity index (χ3n) is 4.60. The third-order valence-corrected chi connectivity index (χ3v) is 4.60. The van der Waals surface area contributed by atoms with Crippen molar-refractivity contribution < 1.29 is 0 Å². The Kier molecular flexibility index (Phi) is 4.66. The lowest BCUT2D eigenvalue weighted by molar-refractivity contribution is 0.466. The van der Waals surface area contributed by atoms with Gasteiger partial charge in [0.05, 0.1) is 0 Å². The lowest BCUT2D eigenvalue weighted by atomic mass is 9.81. The molecule has 0 unspecified atom stereocenters. The second-order valence-electron chi connectivity index (χ2n) is 6.87. The van der Waals surface area contributed by atoms with Gasteiger partial charge in [-0.2, -0.15) is 0 Å². The summed E-state index contributed by atoms with van der Waals surface area (Å²) in [4.78, 5) is 0. The van der Waals surface area contributed by atoms with E-state index < -0.39 is 0 Å². The van der Waals surface area contributed by atoms with E-state index in [9.17, 15) is 0 Å². The topological polar surface area (TPSA) is 0 Å². The molecule has 0 atom stereocenters. The molecule has 0 saturated heterocycles. The zero-order valence-electron chi connectivity index (χ0n) is 14.5. The van der Waals surface area contributed by atoms with Crippen LogP contribution in [0.25, 0.3) is 5.57 Å². The number of benzene rings is 2. The van der Waals surface area contributed by atoms with Crippen LogP contribution in [-0.2, 0) is 0 Å². The van der Waals surface area contributed by atoms with Gasteiger partial charge in [0.1, 0.15) is 0 Å². The van der Waals surface area contributed by atoms with E-state index in [1.807, 2.05) is 6.08 Å². The largest absolute Gasteiger partial charge is 0.103 e. The Morgan fingerprint density at radius 1 is 0.875 bits per heavy atom. The molecular weight excluding hydrogens is 288 g/mol. The third kappa shape index (κ3) is 3.33. The molecule has 3 rings (SSSR count). The minimum atomic E-state index is 0.110. The average Bonchev–Trinajstić information content (AvgIpc) is 3.08. The average molecular weight is 312 g/mol. The van der Waals surface area contributed by atoms with Crippen LogP contribution in [0.5, 0.6) is 0 Å². The molecule has 0 saturated carbocycles. The standard InChI is InChI=1S/C24H24/c1-4-17-24(2,3)22-16-15-21(18-22)23(19-11-7-5-8-12-19)20-13-9-6-10-14-20/h4-16,18H,1,17H2,2-3H3. The Morgan fingerprint density at radius 2 is 1.42 bits per heavy atom. The Balaban J connectivity index is 2.14. The zero-order chi connectivity index (χ0) is 17.0. The van der Waals surface area contributed by atoms with E-state index in [2.05, 4.69) is 99.3 Å². The second-order valence-corrected chi connectivity index (χ2v) is 6.87. The molecule has 0 radical (unpaired) electrons. The van der Waals surface area contributed by atoms with Crippen molar-refractivity contribution in [1.29, 1.82) is 0 Å². The van der Waals surface area contributed by atoms with E-state index in [0.29, 0.717) is 0 Å². The highest BCUT2D eigenvalue weighted by Crippen LogP contribution is 2.38. The summed E-state index contributed by atoms with van der Waals surface area (Å²) in [5.41, 5.74) is 6.54. The second kappa shape index (κ2) is 6.88. The van der Waals surface area contributed by atoms with Gasteiger partial charge in [0.2, 0.25) is 0 Å². The van der Waals surface area contributed by atoms with Crippen molar-refractivity contribution in [2.45, 2.75) is 20.3 Å². The molecule has 0 heteroatoms. The molecular formula is C24H24. The van der Waals surface area contributed by atoms with E-state index >= 15 is 0 Å². The van der Waals surface area contributed by atoms with Crippen LogP contribution in [0.2, 0.25) is 0 Å². The van der Waals surface area contributed by atoms with E-state index in [0.717, 1.165) is 6.42 Å². The van der Waals surface area contributed by atoms with Crippen LogP contribution in [0, 0.1) is 5.41 Å². The van der Waals surface area contributed by atoms with Crippen LogP contribution in [0.4, 0.5) is 0 Å². The molecule has 1 aliphatic carbocycles. The van der Waals surface area contributed by atoms with Crippen LogP contribution < -0.4 is 0 Å². The zero-order valence-corrected chi connectivity index (χ0v) is 14.5. The predicted octanol–water partition coefficient (Wildman–Crippen LogP) is 6.59. The molecule has 0 aliphatic heterocycles. The minimum Gasteiger partial charge on any atom is -0.103 e. The summed E-state index contributed by atoms with van der Waals surface area (Å²) in [6.07, 6.45) is 9.81. The SMILES string of the molecule is C=CCC(C)(C)C1=CC(=C(c2ccccc2)c2ccccc2)C=C1. The number of hydrogen-bond donors (Lipinski definition) is 0. The van der Waals surface area contributed by atoms with Crippen molar-refractivity contribution in [3.63, 3.8) is 0 Å². The van der Waals surface area contributed by atoms with Crippen LogP contribution in [0.1, 0.15) is 31.4 Å². The van der Waals surface area contributed by atoms with Gasteiger partial charge in [0, 0.05) is 0 Å². The molecule has 24 heavy (non-hydrogen) atoms. The molecule has 2 aromatic rings. The van der Waals surface area contributed by atoms with E-state index in [-0.39, 0.29) is 5.41 Å². The number of hydrogen-bond acceptors (Lipinski definition) is 0. The minimum absolute atomic E-state index is 0.110. The van der Waals surface area contributed by atoms with Crippen LogP contribution in [-0.4, -0.2) is 0 Å². The fraction of sp³-hybridized carbons (Fsp3) is 0.167. The highest BCUT2D eigenvalue weighted by molar-refractivity contribution is 5.86. The number of allylic oxidation sites excluding steroid dienone is 6. The van der Waals surface area contributed by atoms with Crippen molar-refractivity contribution in [1.82, 2.24) is 0 Å². The number of rotatable bonds is 5. The molecule has 0 bridgehead atoms. The highest BCUT2D eigenvalue weighted by Gasteiger charge is 2.23. The van der Waals surface area contributed by atoms with Gasteiger partial charge in [0.25, 0.3) is 0 Å². The Bertz CT molecular complexity index is 758. The maximum atomic E-state index is 3.90. The maximum Gasteiger partial charge on any atom is -0.00388 e. The summed E-state index contributed by atoms with van der Waals surface area (Å²) >= 11 is 0. The smallest absolute Gasteiger partial charge is 0.00388 e. The van der Waals surface area contributed by atoms with Crippen molar-refractivity contribution in [3.05, 3.63) is 114 Å². The van der Waals surface area contributed by atoms with Crippen molar-refractivity contribution in [2.24, 2.45) is 5.41 Å². The lowest BCUT2D eigenvalue weighted by Crippen LogP contribution is -2.11. The van der Waals surface area contributed by atoms with Crippen molar-refractivity contribution in [3.8, 4) is 0 Å². The summed E-state index contributed by atoms with van der Waals surface area (Å²) in [7, 11) is 0. The molecule has 0 nitrogen and oxygen atoms in total. The van der Waals surface area contributed by atoms with Gasteiger partial charge in [-0.3, -0.25) is 0 Å². The first-order chi connectivity index (χ1) is 11.6. The first kappa shape index (κ1) is 16.3. The molecule has 0 amide bonds. The van der Waals surface area contributed by atoms with Gasteiger partial charge < -0.3 is 0 Å². The van der Waals surface area contributed by atoms with Crippen molar-refractivity contribution >= 4 is 5.57 Å². The summed E-state index contributed by atoms with van der Waals surface area (Å²) < 4.78 is 0. The Morgan fingerprint density at radius 3 is 1.92 bits per heavy atom. The van der Waals surface area contributed by atoms with Crippen LogP contribution >= 0.6 is 0 Å². The summed E-state index contributed by atoms with van der Waals surface area (Å²) in [6.45, 7) is 8.46. The molecule has 120 valence electrons. The van der Waals surface area contributed by atoms with Crippen LogP contribution in [0.3, 0.4) is 0 Å². The Hall–Kier alpha value is -2.60. The molecule has 0 N–H and O–H groups in total. The predicted molar refractivity (Wildman–Crippen MR) is 105 cm³/mol. The van der Waals surface area contributed by atoms with Gasteiger partial charge >= 0.3 is 0 Å². The van der Waals surface area contributed by atoms with E-state index in [1.165, 1.54) is 27.8 Å². The normalized spacial score (nSPS) is 13.8. The van der Waals surface area contributed by atoms with Gasteiger partial charge in [-0.05, 0) is 39.7 Å². The monoisotopic (exact) mass is 312 g/mol. The van der Waals surface area contributed by atoms with Gasteiger partial charge in [-0.25, -0.2) is 0 Å². The first-order valence-electron chi connectivity index (χ1n) is 8.48. The van der Waals surface area contributed by atoms with Crippen molar-refractivity contribution in [2.75, 3.05) is 0 Å². The van der Waals surface area contributed by atoms with Gasteiger partial charge in [0.15, 0.2) is 0 Å². The molecule has 0 fully saturated rings. The van der Waals surface area contributed by atoms with E-state index in [4.69, 9.17) is 0 Å².